The van der Waals surface area contributed by atoms with Crippen LogP contribution in [0.2, 0.25) is 0 Å². The maximum atomic E-state index is 14.6. The smallest absolute Gasteiger partial charge is 0.235 e. The molecule has 1 aliphatic rings. The van der Waals surface area contributed by atoms with E-state index >= 15 is 0 Å². The molecule has 1 aromatic heterocycles. The van der Waals surface area contributed by atoms with Crippen LogP contribution in [0.4, 0.5) is 15.9 Å². The third-order valence-electron chi connectivity index (χ3n) is 3.83. The van der Waals surface area contributed by atoms with Gasteiger partial charge in [0.2, 0.25) is 10.0 Å². The van der Waals surface area contributed by atoms with E-state index < -0.39 is 15.8 Å². The molecule has 0 aliphatic carbocycles. The molecule has 1 aliphatic heterocycles. The van der Waals surface area contributed by atoms with Crippen LogP contribution in [0, 0.1) is 5.82 Å². The van der Waals surface area contributed by atoms with Crippen molar-refractivity contribution >= 4 is 37.5 Å². The monoisotopic (exact) mass is 429 g/mol. The fourth-order valence-corrected chi connectivity index (χ4v) is 4.61. The molecule has 0 amide bonds. The highest BCUT2D eigenvalue weighted by atomic mass is 79.9. The minimum atomic E-state index is -3.55. The molecule has 2 N–H and O–H groups in total. The minimum Gasteiger partial charge on any atom is -0.486 e. The number of nitrogens with two attached hydrogens (primary N) is 1. The Bertz CT molecular complexity index is 921. The van der Waals surface area contributed by atoms with Crippen molar-refractivity contribution in [2.45, 2.75) is 13.3 Å². The van der Waals surface area contributed by atoms with Crippen molar-refractivity contribution in [3.8, 4) is 16.9 Å². The van der Waals surface area contributed by atoms with Crippen LogP contribution in [0.1, 0.15) is 13.3 Å². The van der Waals surface area contributed by atoms with E-state index in [0.717, 1.165) is 0 Å². The Morgan fingerprint density at radius 3 is 2.88 bits per heavy atom. The van der Waals surface area contributed by atoms with E-state index in [2.05, 4.69) is 20.9 Å². The van der Waals surface area contributed by atoms with E-state index in [0.29, 0.717) is 22.0 Å². The number of pyridine rings is 1. The van der Waals surface area contributed by atoms with Gasteiger partial charge in [-0.2, -0.15) is 0 Å². The Kier molecular flexibility index (Phi) is 4.88. The summed E-state index contributed by atoms with van der Waals surface area (Å²) in [5, 5.41) is 0. The van der Waals surface area contributed by atoms with Gasteiger partial charge in [0.25, 0.3) is 0 Å². The predicted octanol–water partition coefficient (Wildman–Crippen LogP) is 3.17. The second kappa shape index (κ2) is 6.80. The number of fused-ring (bicyclic) bond motifs is 1. The van der Waals surface area contributed by atoms with Crippen molar-refractivity contribution in [3.63, 3.8) is 0 Å². The maximum absolute atomic E-state index is 14.6. The maximum Gasteiger partial charge on any atom is 0.235 e. The van der Waals surface area contributed by atoms with Gasteiger partial charge in [0.05, 0.1) is 18.0 Å². The molecule has 2 heterocycles. The normalized spacial score (nSPS) is 14.1. The molecular formula is C16H17BrFN3O3S. The number of hydrogen-bond donors (Lipinski definition) is 1. The van der Waals surface area contributed by atoms with E-state index in [1.165, 1.54) is 16.6 Å². The quantitative estimate of drug-likeness (QED) is 0.806. The van der Waals surface area contributed by atoms with Crippen LogP contribution in [0.25, 0.3) is 11.1 Å². The summed E-state index contributed by atoms with van der Waals surface area (Å²) in [6, 6.07) is 4.55. The number of nitrogen functional groups attached to an aromatic ring is 1. The van der Waals surface area contributed by atoms with Gasteiger partial charge in [-0.05, 0) is 46.1 Å². The number of hydrogen-bond acceptors (Lipinski definition) is 5. The minimum absolute atomic E-state index is 0.0150. The zero-order chi connectivity index (χ0) is 18.2. The lowest BCUT2D eigenvalue weighted by atomic mass is 10.0. The third kappa shape index (κ3) is 3.43. The van der Waals surface area contributed by atoms with Crippen molar-refractivity contribution in [2.24, 2.45) is 0 Å². The zero-order valence-electron chi connectivity index (χ0n) is 13.5. The standard InChI is InChI=1S/C16H17BrFN3O3S/c1-2-5-25(22,23)21-3-4-24-15-13(18)6-10(7-14(15)21)12-8-11(17)9-20-16(12)19/h6-9H,2-5H2,1H3,(H2,19,20). The Hall–Kier alpha value is -1.87. The highest BCUT2D eigenvalue weighted by molar-refractivity contribution is 9.10. The highest BCUT2D eigenvalue weighted by Gasteiger charge is 2.30. The number of anilines is 2. The van der Waals surface area contributed by atoms with Crippen LogP contribution in [-0.4, -0.2) is 32.3 Å². The van der Waals surface area contributed by atoms with Gasteiger partial charge in [-0.15, -0.1) is 0 Å². The number of ether oxygens (including phenoxy) is 1. The van der Waals surface area contributed by atoms with Gasteiger partial charge in [-0.25, -0.2) is 17.8 Å². The Labute approximate surface area is 154 Å². The summed E-state index contributed by atoms with van der Waals surface area (Å²) < 4.78 is 46.9. The van der Waals surface area contributed by atoms with Crippen LogP contribution in [0.5, 0.6) is 5.75 Å². The van der Waals surface area contributed by atoms with Gasteiger partial charge in [-0.3, -0.25) is 4.31 Å². The molecule has 1 aromatic carbocycles. The van der Waals surface area contributed by atoms with Crippen LogP contribution < -0.4 is 14.8 Å². The van der Waals surface area contributed by atoms with E-state index in [1.807, 2.05) is 0 Å². The van der Waals surface area contributed by atoms with Crippen LogP contribution in [0.15, 0.2) is 28.9 Å². The molecular weight excluding hydrogens is 413 g/mol. The molecule has 25 heavy (non-hydrogen) atoms. The van der Waals surface area contributed by atoms with E-state index in [9.17, 15) is 12.8 Å². The lowest BCUT2D eigenvalue weighted by molar-refractivity contribution is 0.299. The second-order valence-corrected chi connectivity index (χ2v) is 8.56. The lowest BCUT2D eigenvalue weighted by Crippen LogP contribution is -2.39. The molecule has 0 saturated carbocycles. The molecule has 134 valence electrons. The van der Waals surface area contributed by atoms with Gasteiger partial charge in [0.1, 0.15) is 12.4 Å². The van der Waals surface area contributed by atoms with Gasteiger partial charge in [-0.1, -0.05) is 6.92 Å². The molecule has 0 fully saturated rings. The van der Waals surface area contributed by atoms with E-state index in [-0.39, 0.29) is 36.2 Å². The first-order valence-corrected chi connectivity index (χ1v) is 10.1. The molecule has 2 aromatic rings. The topological polar surface area (TPSA) is 85.5 Å². The fourth-order valence-electron chi connectivity index (χ4n) is 2.75. The second-order valence-electron chi connectivity index (χ2n) is 5.63. The third-order valence-corrected chi connectivity index (χ3v) is 6.24. The molecule has 0 saturated heterocycles. The van der Waals surface area contributed by atoms with Crippen molar-refractivity contribution in [1.82, 2.24) is 4.98 Å². The largest absolute Gasteiger partial charge is 0.486 e. The number of nitrogens with zero attached hydrogens (tertiary/aromatic N) is 2. The number of rotatable bonds is 4. The Balaban J connectivity index is 2.17. The van der Waals surface area contributed by atoms with Gasteiger partial charge < -0.3 is 10.5 Å². The molecule has 0 bridgehead atoms. The average Bonchev–Trinajstić information content (AvgIpc) is 2.56. The first kappa shape index (κ1) is 17.9. The molecule has 0 radical (unpaired) electrons. The van der Waals surface area contributed by atoms with Gasteiger partial charge in [0, 0.05) is 16.2 Å². The zero-order valence-corrected chi connectivity index (χ0v) is 15.9. The lowest BCUT2D eigenvalue weighted by Gasteiger charge is -2.31. The predicted molar refractivity (Wildman–Crippen MR) is 98.7 cm³/mol. The molecule has 0 spiro atoms. The molecule has 0 atom stereocenters. The molecule has 3 rings (SSSR count). The number of sulfonamides is 1. The Morgan fingerprint density at radius 1 is 1.40 bits per heavy atom. The van der Waals surface area contributed by atoms with E-state index in [1.54, 1.807) is 19.1 Å². The summed E-state index contributed by atoms with van der Waals surface area (Å²) in [7, 11) is -3.55. The first-order chi connectivity index (χ1) is 11.8. The average molecular weight is 430 g/mol. The van der Waals surface area contributed by atoms with Crippen molar-refractivity contribution in [2.75, 3.05) is 28.9 Å². The van der Waals surface area contributed by atoms with Crippen LogP contribution in [-0.2, 0) is 10.0 Å². The SMILES string of the molecule is CCCS(=O)(=O)N1CCOc2c(F)cc(-c3cc(Br)cnc3N)cc21. The number of benzene rings is 1. The summed E-state index contributed by atoms with van der Waals surface area (Å²) in [5.41, 5.74) is 7.03. The first-order valence-electron chi connectivity index (χ1n) is 7.71. The summed E-state index contributed by atoms with van der Waals surface area (Å²) in [6.45, 7) is 2.03. The summed E-state index contributed by atoms with van der Waals surface area (Å²) in [6.07, 6.45) is 2.01. The molecule has 0 unspecified atom stereocenters. The highest BCUT2D eigenvalue weighted by Crippen LogP contribution is 2.40. The van der Waals surface area contributed by atoms with Gasteiger partial charge in [0.15, 0.2) is 11.6 Å². The van der Waals surface area contributed by atoms with Crippen molar-refractivity contribution < 1.29 is 17.5 Å². The van der Waals surface area contributed by atoms with Crippen molar-refractivity contribution in [1.29, 1.82) is 0 Å². The number of halogens is 2. The van der Waals surface area contributed by atoms with Crippen LogP contribution in [0.3, 0.4) is 0 Å². The van der Waals surface area contributed by atoms with Gasteiger partial charge >= 0.3 is 0 Å². The Morgan fingerprint density at radius 2 is 2.16 bits per heavy atom. The summed E-state index contributed by atoms with van der Waals surface area (Å²) in [4.78, 5) is 4.04. The number of aromatic nitrogens is 1. The molecule has 9 heteroatoms. The van der Waals surface area contributed by atoms with Crippen molar-refractivity contribution in [3.05, 3.63) is 34.7 Å². The fraction of sp³-hybridized carbons (Fsp3) is 0.312. The summed E-state index contributed by atoms with van der Waals surface area (Å²) in [5.74, 6) is -0.486. The summed E-state index contributed by atoms with van der Waals surface area (Å²) >= 11 is 3.31. The van der Waals surface area contributed by atoms with E-state index in [4.69, 9.17) is 10.5 Å². The molecule has 6 nitrogen and oxygen atoms in total. The van der Waals surface area contributed by atoms with Crippen LogP contribution >= 0.6 is 15.9 Å².